The van der Waals surface area contributed by atoms with Crippen molar-refractivity contribution in [1.29, 1.82) is 0 Å². The smallest absolute Gasteiger partial charge is 0.255 e. The lowest BCUT2D eigenvalue weighted by Gasteiger charge is -2.10. The highest BCUT2D eigenvalue weighted by Gasteiger charge is 2.08. The lowest BCUT2D eigenvalue weighted by atomic mass is 10.1. The van der Waals surface area contributed by atoms with Crippen LogP contribution in [0.4, 0.5) is 17.2 Å². The minimum Gasteiger partial charge on any atom is -0.366 e. The summed E-state index contributed by atoms with van der Waals surface area (Å²) in [7, 11) is 0. The van der Waals surface area contributed by atoms with Crippen LogP contribution in [0.2, 0.25) is 0 Å². The van der Waals surface area contributed by atoms with Crippen LogP contribution in [0.3, 0.4) is 0 Å². The molecule has 3 aromatic rings. The van der Waals surface area contributed by atoms with Gasteiger partial charge in [-0.25, -0.2) is 4.98 Å². The summed E-state index contributed by atoms with van der Waals surface area (Å²) in [5, 5.41) is 8.76. The first-order valence-electron chi connectivity index (χ1n) is 8.94. The fourth-order valence-corrected chi connectivity index (χ4v) is 2.65. The molecule has 0 atom stereocenters. The van der Waals surface area contributed by atoms with Crippen molar-refractivity contribution in [3.05, 3.63) is 83.6 Å². The molecule has 142 valence electrons. The Bertz CT molecular complexity index is 984. The third-order valence-electron chi connectivity index (χ3n) is 4.06. The maximum Gasteiger partial charge on any atom is 0.255 e. The summed E-state index contributed by atoms with van der Waals surface area (Å²) >= 11 is 0. The van der Waals surface area contributed by atoms with Crippen molar-refractivity contribution in [1.82, 2.24) is 4.98 Å². The van der Waals surface area contributed by atoms with E-state index in [0.29, 0.717) is 29.3 Å². The standard InChI is InChI=1S/C22H22N4O2/c1-15-6-8-17(9-7-15)14-24-21-12-18(10-11-23-21)22(28)26-20-5-3-4-19(13-20)25-16(2)27/h3-13H,14H2,1-2H3,(H,23,24)(H,25,27)(H,26,28). The normalized spacial score (nSPS) is 10.2. The van der Waals surface area contributed by atoms with Crippen LogP contribution in [0.15, 0.2) is 66.9 Å². The van der Waals surface area contributed by atoms with Gasteiger partial charge in [-0.3, -0.25) is 9.59 Å². The highest BCUT2D eigenvalue weighted by molar-refractivity contribution is 6.05. The second kappa shape index (κ2) is 8.81. The molecular weight excluding hydrogens is 352 g/mol. The second-order valence-electron chi connectivity index (χ2n) is 6.49. The van der Waals surface area contributed by atoms with Crippen LogP contribution >= 0.6 is 0 Å². The number of rotatable bonds is 6. The lowest BCUT2D eigenvalue weighted by Crippen LogP contribution is -2.13. The van der Waals surface area contributed by atoms with Crippen LogP contribution in [0.5, 0.6) is 0 Å². The number of aromatic nitrogens is 1. The van der Waals surface area contributed by atoms with Gasteiger partial charge >= 0.3 is 0 Å². The van der Waals surface area contributed by atoms with Gasteiger partial charge in [0.05, 0.1) is 0 Å². The number of benzene rings is 2. The van der Waals surface area contributed by atoms with E-state index in [1.807, 2.05) is 6.92 Å². The Kier molecular flexibility index (Phi) is 6.01. The van der Waals surface area contributed by atoms with Gasteiger partial charge in [-0.15, -0.1) is 0 Å². The molecule has 3 N–H and O–H groups in total. The van der Waals surface area contributed by atoms with Crippen LogP contribution in [0.25, 0.3) is 0 Å². The van der Waals surface area contributed by atoms with Crippen LogP contribution in [0, 0.1) is 6.92 Å². The van der Waals surface area contributed by atoms with Gasteiger partial charge in [-0.1, -0.05) is 35.9 Å². The molecule has 0 saturated heterocycles. The van der Waals surface area contributed by atoms with E-state index in [4.69, 9.17) is 0 Å². The van der Waals surface area contributed by atoms with Crippen LogP contribution in [-0.4, -0.2) is 16.8 Å². The van der Waals surface area contributed by atoms with Gasteiger partial charge in [0.1, 0.15) is 5.82 Å². The molecule has 6 heteroatoms. The molecule has 0 saturated carbocycles. The summed E-state index contributed by atoms with van der Waals surface area (Å²) < 4.78 is 0. The number of nitrogens with one attached hydrogen (secondary N) is 3. The van der Waals surface area contributed by atoms with Gasteiger partial charge in [-0.05, 0) is 42.8 Å². The second-order valence-corrected chi connectivity index (χ2v) is 6.49. The predicted molar refractivity (Wildman–Crippen MR) is 111 cm³/mol. The van der Waals surface area contributed by atoms with Crippen molar-refractivity contribution < 1.29 is 9.59 Å². The van der Waals surface area contributed by atoms with Gasteiger partial charge in [0.25, 0.3) is 5.91 Å². The lowest BCUT2D eigenvalue weighted by molar-refractivity contribution is -0.114. The van der Waals surface area contributed by atoms with Gasteiger partial charge in [0, 0.05) is 36.6 Å². The van der Waals surface area contributed by atoms with E-state index in [-0.39, 0.29) is 11.8 Å². The van der Waals surface area contributed by atoms with Crippen molar-refractivity contribution in [3.63, 3.8) is 0 Å². The predicted octanol–water partition coefficient (Wildman–Crippen LogP) is 4.21. The van der Waals surface area contributed by atoms with E-state index in [0.717, 1.165) is 5.56 Å². The van der Waals surface area contributed by atoms with Crippen molar-refractivity contribution in [2.24, 2.45) is 0 Å². The van der Waals surface area contributed by atoms with Crippen molar-refractivity contribution >= 4 is 29.0 Å². The van der Waals surface area contributed by atoms with Gasteiger partial charge in [-0.2, -0.15) is 0 Å². The van der Waals surface area contributed by atoms with E-state index in [1.165, 1.54) is 12.5 Å². The van der Waals surface area contributed by atoms with E-state index in [1.54, 1.807) is 42.6 Å². The Morgan fingerprint density at radius 3 is 2.36 bits per heavy atom. The molecule has 1 heterocycles. The molecular formula is C22H22N4O2. The molecule has 0 bridgehead atoms. The first-order valence-corrected chi connectivity index (χ1v) is 8.94. The Balaban J connectivity index is 1.65. The highest BCUT2D eigenvalue weighted by Crippen LogP contribution is 2.17. The molecule has 6 nitrogen and oxygen atoms in total. The Morgan fingerprint density at radius 2 is 1.64 bits per heavy atom. The number of amides is 2. The van der Waals surface area contributed by atoms with Crippen LogP contribution in [-0.2, 0) is 11.3 Å². The summed E-state index contributed by atoms with van der Waals surface area (Å²) in [6.07, 6.45) is 1.60. The van der Waals surface area contributed by atoms with E-state index < -0.39 is 0 Å². The molecule has 3 rings (SSSR count). The minimum atomic E-state index is -0.249. The Morgan fingerprint density at radius 1 is 0.929 bits per heavy atom. The fourth-order valence-electron chi connectivity index (χ4n) is 2.65. The molecule has 0 spiro atoms. The van der Waals surface area contributed by atoms with Crippen molar-refractivity contribution in [2.75, 3.05) is 16.0 Å². The largest absolute Gasteiger partial charge is 0.366 e. The van der Waals surface area contributed by atoms with Crippen LogP contribution < -0.4 is 16.0 Å². The molecule has 2 aromatic carbocycles. The summed E-state index contributed by atoms with van der Waals surface area (Å²) in [5.41, 5.74) is 4.06. The number of nitrogens with zero attached hydrogens (tertiary/aromatic N) is 1. The average molecular weight is 374 g/mol. The third kappa shape index (κ3) is 5.41. The monoisotopic (exact) mass is 374 g/mol. The summed E-state index contributed by atoms with van der Waals surface area (Å²) in [5.74, 6) is 0.211. The molecule has 0 aliphatic rings. The summed E-state index contributed by atoms with van der Waals surface area (Å²) in [4.78, 5) is 28.0. The fraction of sp³-hybridized carbons (Fsp3) is 0.136. The number of carbonyl (C=O) groups is 2. The maximum atomic E-state index is 12.6. The first-order chi connectivity index (χ1) is 13.5. The highest BCUT2D eigenvalue weighted by atomic mass is 16.2. The first kappa shape index (κ1) is 19.1. The van der Waals surface area contributed by atoms with E-state index in [9.17, 15) is 9.59 Å². The number of hydrogen-bond donors (Lipinski definition) is 3. The molecule has 0 aliphatic heterocycles. The molecule has 0 radical (unpaired) electrons. The van der Waals surface area contributed by atoms with Gasteiger partial charge in [0.15, 0.2) is 0 Å². The zero-order valence-corrected chi connectivity index (χ0v) is 15.8. The van der Waals surface area contributed by atoms with Crippen molar-refractivity contribution in [3.8, 4) is 0 Å². The molecule has 0 fully saturated rings. The Labute approximate surface area is 164 Å². The molecule has 1 aromatic heterocycles. The summed E-state index contributed by atoms with van der Waals surface area (Å²) in [6.45, 7) is 4.11. The Hall–Kier alpha value is -3.67. The SMILES string of the molecule is CC(=O)Nc1cccc(NC(=O)c2ccnc(NCc3ccc(C)cc3)c2)c1. The molecule has 28 heavy (non-hydrogen) atoms. The number of aryl methyl sites for hydroxylation is 1. The van der Waals surface area contributed by atoms with Gasteiger partial charge < -0.3 is 16.0 Å². The zero-order valence-electron chi connectivity index (χ0n) is 15.8. The molecule has 0 unspecified atom stereocenters. The topological polar surface area (TPSA) is 83.1 Å². The maximum absolute atomic E-state index is 12.6. The van der Waals surface area contributed by atoms with E-state index in [2.05, 4.69) is 45.2 Å². The third-order valence-corrected chi connectivity index (χ3v) is 4.06. The van der Waals surface area contributed by atoms with E-state index >= 15 is 0 Å². The van der Waals surface area contributed by atoms with Crippen molar-refractivity contribution in [2.45, 2.75) is 20.4 Å². The zero-order chi connectivity index (χ0) is 19.9. The van der Waals surface area contributed by atoms with Gasteiger partial charge in [0.2, 0.25) is 5.91 Å². The van der Waals surface area contributed by atoms with Crippen LogP contribution in [0.1, 0.15) is 28.4 Å². The number of pyridine rings is 1. The molecule has 2 amide bonds. The number of anilines is 3. The summed E-state index contributed by atoms with van der Waals surface area (Å²) in [6, 6.07) is 18.6. The molecule has 0 aliphatic carbocycles. The minimum absolute atomic E-state index is 0.165. The number of hydrogen-bond acceptors (Lipinski definition) is 4. The average Bonchev–Trinajstić information content (AvgIpc) is 2.67. The number of carbonyl (C=O) groups excluding carboxylic acids is 2. The quantitative estimate of drug-likeness (QED) is 0.603.